The summed E-state index contributed by atoms with van der Waals surface area (Å²) in [5.74, 6) is -4.75. The smallest absolute Gasteiger partial charge is 0.330 e. The molecule has 0 heterocycles. The lowest BCUT2D eigenvalue weighted by Gasteiger charge is -2.18. The van der Waals surface area contributed by atoms with Crippen molar-refractivity contribution in [3.05, 3.63) is 0 Å². The molecule has 0 aromatic rings. The van der Waals surface area contributed by atoms with Crippen molar-refractivity contribution in [3.8, 4) is 0 Å². The summed E-state index contributed by atoms with van der Waals surface area (Å²) in [5, 5.41) is 0. The maximum absolute atomic E-state index is 12.4. The van der Waals surface area contributed by atoms with Crippen LogP contribution in [0.5, 0.6) is 0 Å². The third-order valence-corrected chi connectivity index (χ3v) is 1.71. The largest absolute Gasteiger partial charge is 0.460 e. The fourth-order valence-corrected chi connectivity index (χ4v) is 0.859. The van der Waals surface area contributed by atoms with E-state index >= 15 is 0 Å². The van der Waals surface area contributed by atoms with E-state index in [1.807, 2.05) is 0 Å². The average molecular weight is 246 g/mol. The Morgan fingerprint density at radius 2 is 1.94 bits per heavy atom. The number of carbonyl (C=O) groups is 1. The van der Waals surface area contributed by atoms with Crippen LogP contribution in [0.15, 0.2) is 0 Å². The van der Waals surface area contributed by atoms with Gasteiger partial charge >= 0.3 is 18.3 Å². The minimum Gasteiger partial charge on any atom is -0.460 e. The fourth-order valence-electron chi connectivity index (χ4n) is 0.859. The van der Waals surface area contributed by atoms with Crippen molar-refractivity contribution in [1.82, 2.24) is 0 Å². The standard InChI is InChI=1S/C9H14F4O3/c1-3-7(16-6(2)14)4-15-5-9(12,13)8(10)11/h7-8H,3-5H2,1-2H3. The molecule has 96 valence electrons. The van der Waals surface area contributed by atoms with Gasteiger partial charge in [-0.1, -0.05) is 6.92 Å². The van der Waals surface area contributed by atoms with Crippen molar-refractivity contribution < 1.29 is 31.8 Å². The summed E-state index contributed by atoms with van der Waals surface area (Å²) < 4.78 is 57.3. The Morgan fingerprint density at radius 3 is 2.31 bits per heavy atom. The van der Waals surface area contributed by atoms with E-state index in [1.54, 1.807) is 6.92 Å². The SMILES string of the molecule is CCC(COCC(F)(F)C(F)F)OC(C)=O. The highest BCUT2D eigenvalue weighted by molar-refractivity contribution is 5.66. The molecule has 1 atom stereocenters. The van der Waals surface area contributed by atoms with Gasteiger partial charge < -0.3 is 9.47 Å². The van der Waals surface area contributed by atoms with Crippen molar-refractivity contribution in [2.24, 2.45) is 0 Å². The third-order valence-electron chi connectivity index (χ3n) is 1.71. The minimum absolute atomic E-state index is 0.321. The van der Waals surface area contributed by atoms with Crippen molar-refractivity contribution >= 4 is 5.97 Å². The van der Waals surface area contributed by atoms with Crippen LogP contribution in [0, 0.1) is 0 Å². The van der Waals surface area contributed by atoms with Gasteiger partial charge in [-0.25, -0.2) is 8.78 Å². The number of alkyl halides is 4. The molecule has 0 aromatic heterocycles. The van der Waals surface area contributed by atoms with Crippen molar-refractivity contribution in [3.63, 3.8) is 0 Å². The number of halogens is 4. The molecule has 1 unspecified atom stereocenters. The number of hydrogen-bond donors (Lipinski definition) is 0. The Labute approximate surface area is 90.7 Å². The van der Waals surface area contributed by atoms with E-state index in [4.69, 9.17) is 0 Å². The van der Waals surface area contributed by atoms with E-state index in [0.717, 1.165) is 6.92 Å². The third kappa shape index (κ3) is 5.89. The van der Waals surface area contributed by atoms with Crippen LogP contribution in [0.2, 0.25) is 0 Å². The molecule has 0 saturated heterocycles. The van der Waals surface area contributed by atoms with Crippen LogP contribution in [0.3, 0.4) is 0 Å². The Bertz CT molecular complexity index is 221. The minimum atomic E-state index is -4.17. The van der Waals surface area contributed by atoms with Crippen molar-refractivity contribution in [2.45, 2.75) is 38.7 Å². The van der Waals surface area contributed by atoms with Crippen molar-refractivity contribution in [1.29, 1.82) is 0 Å². The second kappa shape index (κ2) is 6.67. The van der Waals surface area contributed by atoms with Crippen LogP contribution in [0.1, 0.15) is 20.3 Å². The number of rotatable bonds is 7. The first kappa shape index (κ1) is 15.2. The number of ether oxygens (including phenoxy) is 2. The van der Waals surface area contributed by atoms with Crippen LogP contribution in [0.4, 0.5) is 17.6 Å². The predicted octanol–water partition coefficient (Wildman–Crippen LogP) is 2.25. The average Bonchev–Trinajstić information content (AvgIpc) is 2.15. The highest BCUT2D eigenvalue weighted by Gasteiger charge is 2.41. The molecule has 0 aliphatic rings. The van der Waals surface area contributed by atoms with Gasteiger partial charge in [0, 0.05) is 6.92 Å². The van der Waals surface area contributed by atoms with Gasteiger partial charge in [-0.15, -0.1) is 0 Å². The molecule has 0 saturated carbocycles. The lowest BCUT2D eigenvalue weighted by molar-refractivity contribution is -0.175. The summed E-state index contributed by atoms with van der Waals surface area (Å²) in [5.41, 5.74) is 0. The van der Waals surface area contributed by atoms with Gasteiger partial charge in [-0.2, -0.15) is 8.78 Å². The lowest BCUT2D eigenvalue weighted by atomic mass is 10.3. The molecular formula is C9H14F4O3. The molecule has 0 amide bonds. The van der Waals surface area contributed by atoms with E-state index < -0.39 is 31.0 Å². The molecule has 0 bridgehead atoms. The fraction of sp³-hybridized carbons (Fsp3) is 0.889. The van der Waals surface area contributed by atoms with E-state index in [-0.39, 0.29) is 6.61 Å². The Kier molecular flexibility index (Phi) is 6.32. The van der Waals surface area contributed by atoms with Gasteiger partial charge in [0.1, 0.15) is 12.7 Å². The molecule has 0 fully saturated rings. The topological polar surface area (TPSA) is 35.5 Å². The van der Waals surface area contributed by atoms with Crippen LogP contribution < -0.4 is 0 Å². The zero-order chi connectivity index (χ0) is 12.8. The second-order valence-electron chi connectivity index (χ2n) is 3.22. The zero-order valence-electron chi connectivity index (χ0n) is 9.01. The molecular weight excluding hydrogens is 232 g/mol. The summed E-state index contributed by atoms with van der Waals surface area (Å²) in [6, 6.07) is 0. The number of hydrogen-bond acceptors (Lipinski definition) is 3. The molecule has 3 nitrogen and oxygen atoms in total. The molecule has 16 heavy (non-hydrogen) atoms. The predicted molar refractivity (Wildman–Crippen MR) is 47.6 cm³/mol. The molecule has 0 aromatic carbocycles. The first-order valence-corrected chi connectivity index (χ1v) is 4.70. The van der Waals surface area contributed by atoms with Gasteiger partial charge in [-0.05, 0) is 6.42 Å². The van der Waals surface area contributed by atoms with Gasteiger partial charge in [0.05, 0.1) is 6.61 Å². The summed E-state index contributed by atoms with van der Waals surface area (Å²) >= 11 is 0. The van der Waals surface area contributed by atoms with E-state index in [0.29, 0.717) is 6.42 Å². The molecule has 7 heteroatoms. The Balaban J connectivity index is 3.91. The molecule has 0 aliphatic heterocycles. The zero-order valence-corrected chi connectivity index (χ0v) is 9.01. The highest BCUT2D eigenvalue weighted by Crippen LogP contribution is 2.22. The molecule has 0 spiro atoms. The van der Waals surface area contributed by atoms with Gasteiger partial charge in [0.2, 0.25) is 0 Å². The summed E-state index contributed by atoms with van der Waals surface area (Å²) in [6.45, 7) is 1.11. The van der Waals surface area contributed by atoms with Gasteiger partial charge in [-0.3, -0.25) is 4.79 Å². The number of esters is 1. The lowest BCUT2D eigenvalue weighted by Crippen LogP contribution is -2.34. The van der Waals surface area contributed by atoms with Crippen LogP contribution in [0.25, 0.3) is 0 Å². The second-order valence-corrected chi connectivity index (χ2v) is 3.22. The van der Waals surface area contributed by atoms with E-state index in [2.05, 4.69) is 9.47 Å². The Hall–Kier alpha value is -0.850. The highest BCUT2D eigenvalue weighted by atomic mass is 19.3. The normalized spacial score (nSPS) is 13.9. The van der Waals surface area contributed by atoms with E-state index in [9.17, 15) is 22.4 Å². The Morgan fingerprint density at radius 1 is 1.38 bits per heavy atom. The maximum atomic E-state index is 12.4. The molecule has 0 radical (unpaired) electrons. The quantitative estimate of drug-likeness (QED) is 0.510. The number of carbonyl (C=O) groups excluding carboxylic acids is 1. The summed E-state index contributed by atoms with van der Waals surface area (Å²) in [6.07, 6.45) is -4.09. The molecule has 0 N–H and O–H groups in total. The molecule has 0 rings (SSSR count). The van der Waals surface area contributed by atoms with Crippen LogP contribution in [-0.4, -0.2) is 37.6 Å². The monoisotopic (exact) mass is 246 g/mol. The molecule has 0 aliphatic carbocycles. The van der Waals surface area contributed by atoms with Gasteiger partial charge in [0.15, 0.2) is 0 Å². The van der Waals surface area contributed by atoms with Crippen LogP contribution in [-0.2, 0) is 14.3 Å². The first-order valence-electron chi connectivity index (χ1n) is 4.70. The van der Waals surface area contributed by atoms with Gasteiger partial charge in [0.25, 0.3) is 0 Å². The van der Waals surface area contributed by atoms with E-state index in [1.165, 1.54) is 0 Å². The summed E-state index contributed by atoms with van der Waals surface area (Å²) in [7, 11) is 0. The maximum Gasteiger partial charge on any atom is 0.330 e. The van der Waals surface area contributed by atoms with Crippen molar-refractivity contribution in [2.75, 3.05) is 13.2 Å². The first-order chi connectivity index (χ1) is 7.29. The van der Waals surface area contributed by atoms with Crippen LogP contribution >= 0.6 is 0 Å². The summed E-state index contributed by atoms with van der Waals surface area (Å²) in [4.78, 5) is 10.5.